The summed E-state index contributed by atoms with van der Waals surface area (Å²) in [6, 6.07) is 6.59. The van der Waals surface area contributed by atoms with E-state index in [2.05, 4.69) is 15.9 Å². The van der Waals surface area contributed by atoms with Crippen molar-refractivity contribution >= 4 is 34.3 Å². The van der Waals surface area contributed by atoms with Crippen LogP contribution in [0.1, 0.15) is 18.5 Å². The fourth-order valence-corrected chi connectivity index (χ4v) is 1.30. The summed E-state index contributed by atoms with van der Waals surface area (Å²) in [5, 5.41) is 0. The molecule has 5 heteroatoms. The van der Waals surface area contributed by atoms with Gasteiger partial charge in [-0.2, -0.15) is 0 Å². The topological polar surface area (TPSA) is 52.3 Å². The summed E-state index contributed by atoms with van der Waals surface area (Å²) in [4.78, 5) is 11.3. The van der Waals surface area contributed by atoms with Crippen LogP contribution < -0.4 is 5.73 Å². The maximum atomic E-state index is 11.3. The number of rotatable bonds is 3. The monoisotopic (exact) mass is 293 g/mol. The molecule has 0 aromatic heterocycles. The molecule has 1 unspecified atom stereocenters. The number of benzene rings is 1. The van der Waals surface area contributed by atoms with Crippen LogP contribution in [0.4, 0.5) is 0 Å². The predicted molar refractivity (Wildman–Crippen MR) is 65.0 cm³/mol. The molecule has 0 aliphatic heterocycles. The molecule has 0 saturated carbocycles. The highest BCUT2D eigenvalue weighted by Gasteiger charge is 2.16. The standard InChI is InChI=1S/C10H12BrNO2.ClH/c1-2-14-10(13)9(12)7-3-5-8(11)6-4-7;/h3-6,9H,2,12H2,1H3;1H. The van der Waals surface area contributed by atoms with E-state index in [0.717, 1.165) is 10.0 Å². The molecule has 1 aromatic carbocycles. The molecule has 0 radical (unpaired) electrons. The lowest BCUT2D eigenvalue weighted by atomic mass is 10.1. The zero-order valence-electron chi connectivity index (χ0n) is 8.27. The molecule has 0 fully saturated rings. The summed E-state index contributed by atoms with van der Waals surface area (Å²) in [6.07, 6.45) is 0. The van der Waals surface area contributed by atoms with Crippen LogP contribution in [-0.4, -0.2) is 12.6 Å². The van der Waals surface area contributed by atoms with Crippen molar-refractivity contribution in [2.75, 3.05) is 6.61 Å². The molecule has 0 saturated heterocycles. The largest absolute Gasteiger partial charge is 0.465 e. The van der Waals surface area contributed by atoms with E-state index in [1.165, 1.54) is 0 Å². The van der Waals surface area contributed by atoms with Gasteiger partial charge in [-0.05, 0) is 24.6 Å². The minimum Gasteiger partial charge on any atom is -0.465 e. The van der Waals surface area contributed by atoms with Crippen molar-refractivity contribution in [3.8, 4) is 0 Å². The Morgan fingerprint density at radius 3 is 2.47 bits per heavy atom. The summed E-state index contributed by atoms with van der Waals surface area (Å²) in [6.45, 7) is 2.11. The summed E-state index contributed by atoms with van der Waals surface area (Å²) < 4.78 is 5.77. The molecule has 1 aromatic rings. The highest BCUT2D eigenvalue weighted by Crippen LogP contribution is 2.16. The molecule has 0 amide bonds. The molecule has 15 heavy (non-hydrogen) atoms. The molecular weight excluding hydrogens is 281 g/mol. The van der Waals surface area contributed by atoms with Crippen molar-refractivity contribution in [2.45, 2.75) is 13.0 Å². The van der Waals surface area contributed by atoms with Crippen molar-refractivity contribution in [3.05, 3.63) is 34.3 Å². The normalized spacial score (nSPS) is 11.4. The van der Waals surface area contributed by atoms with Crippen LogP contribution in [0.25, 0.3) is 0 Å². The van der Waals surface area contributed by atoms with Gasteiger partial charge >= 0.3 is 5.97 Å². The molecule has 3 nitrogen and oxygen atoms in total. The minimum atomic E-state index is -0.692. The first-order chi connectivity index (χ1) is 6.65. The van der Waals surface area contributed by atoms with Crippen molar-refractivity contribution < 1.29 is 9.53 Å². The third kappa shape index (κ3) is 4.20. The van der Waals surface area contributed by atoms with Gasteiger partial charge in [0.1, 0.15) is 6.04 Å². The Labute approximate surface area is 104 Å². The lowest BCUT2D eigenvalue weighted by molar-refractivity contribution is -0.144. The Balaban J connectivity index is 0.00000196. The first kappa shape index (κ1) is 14.4. The van der Waals surface area contributed by atoms with Gasteiger partial charge in [0.25, 0.3) is 0 Å². The molecule has 1 rings (SSSR count). The molecule has 0 aliphatic carbocycles. The van der Waals surface area contributed by atoms with Crippen LogP contribution in [0.5, 0.6) is 0 Å². The van der Waals surface area contributed by atoms with E-state index in [4.69, 9.17) is 10.5 Å². The van der Waals surface area contributed by atoms with Gasteiger partial charge in [-0.15, -0.1) is 12.4 Å². The Morgan fingerprint density at radius 2 is 2.00 bits per heavy atom. The number of carbonyl (C=O) groups is 1. The van der Waals surface area contributed by atoms with Crippen LogP contribution in [0.2, 0.25) is 0 Å². The number of carbonyl (C=O) groups excluding carboxylic acids is 1. The maximum Gasteiger partial charge on any atom is 0.327 e. The number of ether oxygens (including phenoxy) is 1. The van der Waals surface area contributed by atoms with Crippen molar-refractivity contribution in [3.63, 3.8) is 0 Å². The first-order valence-electron chi connectivity index (χ1n) is 4.33. The molecule has 0 bridgehead atoms. The summed E-state index contributed by atoms with van der Waals surface area (Å²) in [5.41, 5.74) is 6.44. The van der Waals surface area contributed by atoms with Gasteiger partial charge in [-0.1, -0.05) is 28.1 Å². The van der Waals surface area contributed by atoms with E-state index >= 15 is 0 Å². The van der Waals surface area contributed by atoms with Crippen LogP contribution in [-0.2, 0) is 9.53 Å². The van der Waals surface area contributed by atoms with Gasteiger partial charge in [-0.3, -0.25) is 0 Å². The molecular formula is C10H13BrClNO2. The van der Waals surface area contributed by atoms with Crippen molar-refractivity contribution in [2.24, 2.45) is 5.73 Å². The van der Waals surface area contributed by atoms with Gasteiger partial charge in [0.15, 0.2) is 0 Å². The highest BCUT2D eigenvalue weighted by molar-refractivity contribution is 9.10. The van der Waals surface area contributed by atoms with Gasteiger partial charge in [0.05, 0.1) is 6.61 Å². The van der Waals surface area contributed by atoms with Crippen LogP contribution in [0.3, 0.4) is 0 Å². The van der Waals surface area contributed by atoms with E-state index in [9.17, 15) is 4.79 Å². The molecule has 1 atom stereocenters. The second kappa shape index (κ2) is 6.82. The number of esters is 1. The average molecular weight is 295 g/mol. The maximum absolute atomic E-state index is 11.3. The quantitative estimate of drug-likeness (QED) is 0.871. The Kier molecular flexibility index (Phi) is 6.56. The van der Waals surface area contributed by atoms with Gasteiger partial charge in [0, 0.05) is 4.47 Å². The molecule has 2 N–H and O–H groups in total. The van der Waals surface area contributed by atoms with Crippen LogP contribution in [0, 0.1) is 0 Å². The third-order valence-corrected chi connectivity index (χ3v) is 2.30. The summed E-state index contributed by atoms with van der Waals surface area (Å²) >= 11 is 3.31. The zero-order valence-corrected chi connectivity index (χ0v) is 10.7. The highest BCUT2D eigenvalue weighted by atomic mass is 79.9. The predicted octanol–water partition coefficient (Wildman–Crippen LogP) is 2.43. The zero-order chi connectivity index (χ0) is 10.6. The lowest BCUT2D eigenvalue weighted by Gasteiger charge is -2.10. The molecule has 0 heterocycles. The number of hydrogen-bond donors (Lipinski definition) is 1. The van der Waals surface area contributed by atoms with Gasteiger partial charge < -0.3 is 10.5 Å². The smallest absolute Gasteiger partial charge is 0.327 e. The number of hydrogen-bond acceptors (Lipinski definition) is 3. The van der Waals surface area contributed by atoms with E-state index in [-0.39, 0.29) is 12.4 Å². The molecule has 0 aliphatic rings. The van der Waals surface area contributed by atoms with Crippen LogP contribution in [0.15, 0.2) is 28.7 Å². The second-order valence-electron chi connectivity index (χ2n) is 2.78. The summed E-state index contributed by atoms with van der Waals surface area (Å²) in [5.74, 6) is -0.394. The lowest BCUT2D eigenvalue weighted by Crippen LogP contribution is -2.23. The Hall–Kier alpha value is -0.580. The van der Waals surface area contributed by atoms with E-state index in [0.29, 0.717) is 6.61 Å². The van der Waals surface area contributed by atoms with Crippen molar-refractivity contribution in [1.82, 2.24) is 0 Å². The van der Waals surface area contributed by atoms with E-state index in [1.807, 2.05) is 12.1 Å². The minimum absolute atomic E-state index is 0. The molecule has 0 spiro atoms. The van der Waals surface area contributed by atoms with Crippen LogP contribution >= 0.6 is 28.3 Å². The fourth-order valence-electron chi connectivity index (χ4n) is 1.04. The Morgan fingerprint density at radius 1 is 1.47 bits per heavy atom. The molecule has 84 valence electrons. The van der Waals surface area contributed by atoms with Gasteiger partial charge in [-0.25, -0.2) is 4.79 Å². The SMILES string of the molecule is CCOC(=O)C(N)c1ccc(Br)cc1.Cl. The number of halogens is 2. The number of nitrogens with two attached hydrogens (primary N) is 1. The Bertz CT molecular complexity index is 316. The van der Waals surface area contributed by atoms with Crippen molar-refractivity contribution in [1.29, 1.82) is 0 Å². The third-order valence-electron chi connectivity index (χ3n) is 1.77. The van der Waals surface area contributed by atoms with E-state index < -0.39 is 12.0 Å². The summed E-state index contributed by atoms with van der Waals surface area (Å²) in [7, 11) is 0. The first-order valence-corrected chi connectivity index (χ1v) is 5.12. The van der Waals surface area contributed by atoms with Gasteiger partial charge in [0.2, 0.25) is 0 Å². The second-order valence-corrected chi connectivity index (χ2v) is 3.70. The van der Waals surface area contributed by atoms with E-state index in [1.54, 1.807) is 19.1 Å². The fraction of sp³-hybridized carbons (Fsp3) is 0.300. The average Bonchev–Trinajstić information content (AvgIpc) is 2.18.